The van der Waals surface area contributed by atoms with Crippen molar-refractivity contribution < 1.29 is 9.52 Å². The summed E-state index contributed by atoms with van der Waals surface area (Å²) in [6.07, 6.45) is 1.63. The second-order valence-electron chi connectivity index (χ2n) is 3.14. The topological polar surface area (TPSA) is 46.3 Å². The summed E-state index contributed by atoms with van der Waals surface area (Å²) in [4.78, 5) is 4.39. The highest BCUT2D eigenvalue weighted by Crippen LogP contribution is 2.26. The largest absolute Gasteiger partial charge is 0.462 e. The molecule has 0 aliphatic rings. The number of rotatable bonds is 3. The van der Waals surface area contributed by atoms with E-state index in [1.165, 1.54) is 11.3 Å². The first-order valence-corrected chi connectivity index (χ1v) is 5.29. The molecule has 0 aliphatic carbocycles. The van der Waals surface area contributed by atoms with Crippen molar-refractivity contribution in [2.24, 2.45) is 0 Å². The zero-order valence-electron chi connectivity index (χ0n) is 7.80. The SMILES string of the molecule is CC(CO)c1csc(-c2ccco2)n1. The third kappa shape index (κ3) is 1.71. The van der Waals surface area contributed by atoms with Crippen LogP contribution in [0, 0.1) is 0 Å². The first-order chi connectivity index (χ1) is 6.81. The van der Waals surface area contributed by atoms with E-state index in [4.69, 9.17) is 9.52 Å². The van der Waals surface area contributed by atoms with Gasteiger partial charge in [0.15, 0.2) is 10.8 Å². The lowest BCUT2D eigenvalue weighted by Gasteiger charge is -2.01. The van der Waals surface area contributed by atoms with Crippen molar-refractivity contribution in [3.63, 3.8) is 0 Å². The van der Waals surface area contributed by atoms with Crippen LogP contribution in [0.4, 0.5) is 0 Å². The van der Waals surface area contributed by atoms with Crippen LogP contribution in [0.1, 0.15) is 18.5 Å². The van der Waals surface area contributed by atoms with E-state index in [2.05, 4.69) is 4.98 Å². The second kappa shape index (κ2) is 3.94. The Bertz CT molecular complexity index is 394. The molecule has 0 fully saturated rings. The molecule has 0 aromatic carbocycles. The number of aliphatic hydroxyl groups excluding tert-OH is 1. The predicted octanol–water partition coefficient (Wildman–Crippen LogP) is 2.50. The van der Waals surface area contributed by atoms with E-state index < -0.39 is 0 Å². The molecule has 2 rings (SSSR count). The molecular weight excluding hydrogens is 198 g/mol. The van der Waals surface area contributed by atoms with Crippen molar-refractivity contribution in [1.82, 2.24) is 4.98 Å². The maximum atomic E-state index is 8.97. The van der Waals surface area contributed by atoms with Crippen molar-refractivity contribution >= 4 is 11.3 Å². The molecule has 3 nitrogen and oxygen atoms in total. The Labute approximate surface area is 86.0 Å². The lowest BCUT2D eigenvalue weighted by molar-refractivity contribution is 0.271. The first kappa shape index (κ1) is 9.43. The van der Waals surface area contributed by atoms with Gasteiger partial charge in [-0.25, -0.2) is 4.98 Å². The first-order valence-electron chi connectivity index (χ1n) is 4.41. The molecule has 0 aliphatic heterocycles. The van der Waals surface area contributed by atoms with Crippen LogP contribution in [0.5, 0.6) is 0 Å². The zero-order chi connectivity index (χ0) is 9.97. The van der Waals surface area contributed by atoms with Crippen LogP contribution < -0.4 is 0 Å². The quantitative estimate of drug-likeness (QED) is 0.844. The van der Waals surface area contributed by atoms with Crippen LogP contribution >= 0.6 is 11.3 Å². The number of aliphatic hydroxyl groups is 1. The van der Waals surface area contributed by atoms with Crippen molar-refractivity contribution in [2.75, 3.05) is 6.61 Å². The number of furan rings is 1. The molecule has 0 amide bonds. The van der Waals surface area contributed by atoms with Crippen LogP contribution in [-0.4, -0.2) is 16.7 Å². The van der Waals surface area contributed by atoms with Gasteiger partial charge in [0.2, 0.25) is 0 Å². The monoisotopic (exact) mass is 209 g/mol. The molecule has 1 N–H and O–H groups in total. The highest BCUT2D eigenvalue weighted by atomic mass is 32.1. The average molecular weight is 209 g/mol. The van der Waals surface area contributed by atoms with Crippen molar-refractivity contribution in [1.29, 1.82) is 0 Å². The smallest absolute Gasteiger partial charge is 0.162 e. The molecule has 0 saturated carbocycles. The van der Waals surface area contributed by atoms with E-state index >= 15 is 0 Å². The lowest BCUT2D eigenvalue weighted by atomic mass is 10.1. The summed E-state index contributed by atoms with van der Waals surface area (Å²) in [5.74, 6) is 0.876. The maximum Gasteiger partial charge on any atom is 0.162 e. The Morgan fingerprint density at radius 3 is 3.14 bits per heavy atom. The van der Waals surface area contributed by atoms with E-state index in [-0.39, 0.29) is 12.5 Å². The molecule has 2 heterocycles. The minimum Gasteiger partial charge on any atom is -0.462 e. The molecule has 2 aromatic heterocycles. The molecule has 0 saturated heterocycles. The summed E-state index contributed by atoms with van der Waals surface area (Å²) in [5, 5.41) is 11.8. The molecule has 1 atom stereocenters. The molecule has 0 radical (unpaired) electrons. The van der Waals surface area contributed by atoms with Crippen molar-refractivity contribution in [2.45, 2.75) is 12.8 Å². The number of thiazole rings is 1. The standard InChI is InChI=1S/C10H11NO2S/c1-7(5-12)8-6-14-10(11-8)9-3-2-4-13-9/h2-4,6-7,12H,5H2,1H3. The molecule has 74 valence electrons. The van der Waals surface area contributed by atoms with Crippen LogP contribution in [0.15, 0.2) is 28.2 Å². The maximum absolute atomic E-state index is 8.97. The second-order valence-corrected chi connectivity index (χ2v) is 4.00. The summed E-state index contributed by atoms with van der Waals surface area (Å²) in [6.45, 7) is 2.07. The zero-order valence-corrected chi connectivity index (χ0v) is 8.62. The van der Waals surface area contributed by atoms with E-state index in [0.717, 1.165) is 16.5 Å². The number of aromatic nitrogens is 1. The van der Waals surface area contributed by atoms with Gasteiger partial charge in [0.1, 0.15) is 0 Å². The summed E-state index contributed by atoms with van der Waals surface area (Å²) >= 11 is 1.53. The Kier molecular flexibility index (Phi) is 2.65. The van der Waals surface area contributed by atoms with Crippen molar-refractivity contribution in [3.8, 4) is 10.8 Å². The highest BCUT2D eigenvalue weighted by Gasteiger charge is 2.11. The van der Waals surface area contributed by atoms with E-state index in [1.807, 2.05) is 24.4 Å². The van der Waals surface area contributed by atoms with Gasteiger partial charge in [-0.3, -0.25) is 0 Å². The normalized spacial score (nSPS) is 13.0. The molecule has 2 aromatic rings. The van der Waals surface area contributed by atoms with Crippen LogP contribution in [0.25, 0.3) is 10.8 Å². The van der Waals surface area contributed by atoms with Crippen LogP contribution in [0.2, 0.25) is 0 Å². The minimum absolute atomic E-state index is 0.0926. The average Bonchev–Trinajstić information content (AvgIpc) is 2.86. The van der Waals surface area contributed by atoms with Gasteiger partial charge in [0.25, 0.3) is 0 Å². The molecule has 4 heteroatoms. The molecule has 1 unspecified atom stereocenters. The Morgan fingerprint density at radius 2 is 2.50 bits per heavy atom. The fraction of sp³-hybridized carbons (Fsp3) is 0.300. The van der Waals surface area contributed by atoms with E-state index in [1.54, 1.807) is 6.26 Å². The number of hydrogen-bond donors (Lipinski definition) is 1. The summed E-state index contributed by atoms with van der Waals surface area (Å²) < 4.78 is 5.23. The predicted molar refractivity (Wildman–Crippen MR) is 55.3 cm³/mol. The fourth-order valence-electron chi connectivity index (χ4n) is 1.12. The van der Waals surface area contributed by atoms with Gasteiger partial charge in [0.05, 0.1) is 18.6 Å². The third-order valence-corrected chi connectivity index (χ3v) is 2.91. The molecular formula is C10H11NO2S. The van der Waals surface area contributed by atoms with Crippen molar-refractivity contribution in [3.05, 3.63) is 29.5 Å². The van der Waals surface area contributed by atoms with Crippen LogP contribution in [-0.2, 0) is 0 Å². The molecule has 0 spiro atoms. The van der Waals surface area contributed by atoms with Gasteiger partial charge in [-0.1, -0.05) is 6.92 Å². The highest BCUT2D eigenvalue weighted by molar-refractivity contribution is 7.13. The molecule has 14 heavy (non-hydrogen) atoms. The summed E-state index contributed by atoms with van der Waals surface area (Å²) in [6, 6.07) is 3.72. The van der Waals surface area contributed by atoms with Gasteiger partial charge in [-0.15, -0.1) is 11.3 Å². The Hall–Kier alpha value is -1.13. The van der Waals surface area contributed by atoms with Gasteiger partial charge in [-0.05, 0) is 12.1 Å². The van der Waals surface area contributed by atoms with Crippen LogP contribution in [0.3, 0.4) is 0 Å². The van der Waals surface area contributed by atoms with Gasteiger partial charge in [0, 0.05) is 11.3 Å². The third-order valence-electron chi connectivity index (χ3n) is 2.03. The minimum atomic E-state index is 0.0926. The number of nitrogens with zero attached hydrogens (tertiary/aromatic N) is 1. The molecule has 0 bridgehead atoms. The van der Waals surface area contributed by atoms with E-state index in [0.29, 0.717) is 0 Å². The van der Waals surface area contributed by atoms with Gasteiger partial charge in [-0.2, -0.15) is 0 Å². The summed E-state index contributed by atoms with van der Waals surface area (Å²) in [7, 11) is 0. The lowest BCUT2D eigenvalue weighted by Crippen LogP contribution is -1.98. The fourth-order valence-corrected chi connectivity index (χ4v) is 2.03. The summed E-state index contributed by atoms with van der Waals surface area (Å²) in [5.41, 5.74) is 0.920. The van der Waals surface area contributed by atoms with Gasteiger partial charge < -0.3 is 9.52 Å². The Morgan fingerprint density at radius 1 is 1.64 bits per heavy atom. The van der Waals surface area contributed by atoms with Gasteiger partial charge >= 0.3 is 0 Å². The Balaban J connectivity index is 2.26. The van der Waals surface area contributed by atoms with E-state index in [9.17, 15) is 0 Å². The number of hydrogen-bond acceptors (Lipinski definition) is 4.